The molecular formula is C11H6IN. The van der Waals surface area contributed by atoms with Crippen LogP contribution in [0.15, 0.2) is 36.4 Å². The summed E-state index contributed by atoms with van der Waals surface area (Å²) in [6.45, 7) is 0. The van der Waals surface area contributed by atoms with Gasteiger partial charge in [0.15, 0.2) is 0 Å². The molecule has 0 spiro atoms. The maximum absolute atomic E-state index is 8.91. The van der Waals surface area contributed by atoms with E-state index >= 15 is 0 Å². The molecule has 0 atom stereocenters. The largest absolute Gasteiger partial charge is 0.192 e. The Bertz CT molecular complexity index is 492. The molecule has 0 aromatic heterocycles. The predicted molar refractivity (Wildman–Crippen MR) is 61.4 cm³/mol. The topological polar surface area (TPSA) is 23.8 Å². The van der Waals surface area contributed by atoms with E-state index in [9.17, 15) is 0 Å². The SMILES string of the molecule is N#Cc1cccc2cccc(I)c12. The second kappa shape index (κ2) is 3.35. The van der Waals surface area contributed by atoms with Crippen molar-refractivity contribution in [3.63, 3.8) is 0 Å². The van der Waals surface area contributed by atoms with Crippen LogP contribution < -0.4 is 0 Å². The van der Waals surface area contributed by atoms with Crippen LogP contribution in [0, 0.1) is 14.9 Å². The molecule has 0 aliphatic heterocycles. The molecule has 0 N–H and O–H groups in total. The molecule has 2 rings (SSSR count). The molecule has 1 nitrogen and oxygen atoms in total. The van der Waals surface area contributed by atoms with E-state index in [1.807, 2.05) is 36.4 Å². The van der Waals surface area contributed by atoms with E-state index in [1.165, 1.54) is 0 Å². The molecule has 13 heavy (non-hydrogen) atoms. The van der Waals surface area contributed by atoms with Gasteiger partial charge in [-0.3, -0.25) is 0 Å². The molecule has 2 aromatic rings. The van der Waals surface area contributed by atoms with E-state index in [1.54, 1.807) is 0 Å². The lowest BCUT2D eigenvalue weighted by Gasteiger charge is -2.01. The van der Waals surface area contributed by atoms with E-state index in [0.29, 0.717) is 0 Å². The number of hydrogen-bond donors (Lipinski definition) is 0. The molecule has 2 aromatic carbocycles. The van der Waals surface area contributed by atoms with E-state index in [2.05, 4.69) is 28.7 Å². The zero-order chi connectivity index (χ0) is 9.26. The fourth-order valence-electron chi connectivity index (χ4n) is 1.39. The standard InChI is InChI=1S/C11H6IN/c12-10-6-2-4-8-3-1-5-9(7-13)11(8)10/h1-6H. The number of benzene rings is 2. The van der Waals surface area contributed by atoms with Gasteiger partial charge in [-0.25, -0.2) is 0 Å². The third-order valence-corrected chi connectivity index (χ3v) is 2.87. The Labute approximate surface area is 90.1 Å². The molecule has 0 aliphatic carbocycles. The van der Waals surface area contributed by atoms with E-state index in [0.717, 1.165) is 19.9 Å². The molecule has 0 fully saturated rings. The van der Waals surface area contributed by atoms with Crippen LogP contribution in [0.25, 0.3) is 10.8 Å². The highest BCUT2D eigenvalue weighted by atomic mass is 127. The average Bonchev–Trinajstić information content (AvgIpc) is 2.17. The minimum atomic E-state index is 0.752. The third kappa shape index (κ3) is 1.40. The predicted octanol–water partition coefficient (Wildman–Crippen LogP) is 3.32. The Morgan fingerprint density at radius 1 is 1.08 bits per heavy atom. The van der Waals surface area contributed by atoms with Gasteiger partial charge in [0.1, 0.15) is 0 Å². The normalized spacial score (nSPS) is 9.85. The summed E-state index contributed by atoms with van der Waals surface area (Å²) in [6.07, 6.45) is 0. The number of fused-ring (bicyclic) bond motifs is 1. The average molecular weight is 279 g/mol. The first-order valence-corrected chi connectivity index (χ1v) is 4.98. The lowest BCUT2D eigenvalue weighted by atomic mass is 10.1. The highest BCUT2D eigenvalue weighted by Gasteiger charge is 2.02. The summed E-state index contributed by atoms with van der Waals surface area (Å²) in [5, 5.41) is 11.1. The lowest BCUT2D eigenvalue weighted by Crippen LogP contribution is -1.82. The van der Waals surface area contributed by atoms with Crippen molar-refractivity contribution in [1.29, 1.82) is 5.26 Å². The van der Waals surface area contributed by atoms with Crippen LogP contribution in [0.4, 0.5) is 0 Å². The summed E-state index contributed by atoms with van der Waals surface area (Å²) in [5.74, 6) is 0. The molecule has 0 saturated carbocycles. The van der Waals surface area contributed by atoms with Crippen molar-refractivity contribution in [2.24, 2.45) is 0 Å². The Balaban J connectivity index is 2.97. The van der Waals surface area contributed by atoms with Crippen LogP contribution >= 0.6 is 22.6 Å². The van der Waals surface area contributed by atoms with E-state index in [-0.39, 0.29) is 0 Å². The maximum atomic E-state index is 8.91. The molecule has 0 bridgehead atoms. The molecule has 0 saturated heterocycles. The van der Waals surface area contributed by atoms with Crippen molar-refractivity contribution < 1.29 is 0 Å². The molecule has 0 unspecified atom stereocenters. The van der Waals surface area contributed by atoms with Crippen LogP contribution in [0.2, 0.25) is 0 Å². The maximum Gasteiger partial charge on any atom is 0.0998 e. The Kier molecular flexibility index (Phi) is 2.19. The van der Waals surface area contributed by atoms with Crippen molar-refractivity contribution in [3.05, 3.63) is 45.5 Å². The van der Waals surface area contributed by atoms with Gasteiger partial charge >= 0.3 is 0 Å². The number of nitriles is 1. The fraction of sp³-hybridized carbons (Fsp3) is 0. The van der Waals surface area contributed by atoms with Crippen molar-refractivity contribution in [2.45, 2.75) is 0 Å². The minimum Gasteiger partial charge on any atom is -0.192 e. The zero-order valence-corrected chi connectivity index (χ0v) is 8.95. The van der Waals surface area contributed by atoms with Gasteiger partial charge in [0, 0.05) is 8.96 Å². The van der Waals surface area contributed by atoms with Gasteiger partial charge in [-0.1, -0.05) is 24.3 Å². The number of rotatable bonds is 0. The van der Waals surface area contributed by atoms with E-state index in [4.69, 9.17) is 5.26 Å². The second-order valence-corrected chi connectivity index (χ2v) is 3.92. The first-order chi connectivity index (χ1) is 6.33. The Morgan fingerprint density at radius 2 is 1.77 bits per heavy atom. The fourth-order valence-corrected chi connectivity index (χ4v) is 2.20. The Morgan fingerprint density at radius 3 is 2.46 bits per heavy atom. The zero-order valence-electron chi connectivity index (χ0n) is 6.79. The molecule has 0 heterocycles. The van der Waals surface area contributed by atoms with Crippen LogP contribution in [0.1, 0.15) is 5.56 Å². The Hall–Kier alpha value is -1.08. The highest BCUT2D eigenvalue weighted by molar-refractivity contribution is 14.1. The van der Waals surface area contributed by atoms with Crippen LogP contribution in [0.3, 0.4) is 0 Å². The number of hydrogen-bond acceptors (Lipinski definition) is 1. The van der Waals surface area contributed by atoms with Crippen LogP contribution in [-0.2, 0) is 0 Å². The summed E-state index contributed by atoms with van der Waals surface area (Å²) in [6, 6.07) is 14.0. The van der Waals surface area contributed by atoms with Gasteiger partial charge in [0.2, 0.25) is 0 Å². The van der Waals surface area contributed by atoms with Gasteiger partial charge in [0.05, 0.1) is 11.6 Å². The second-order valence-electron chi connectivity index (χ2n) is 2.76. The molecule has 62 valence electrons. The first kappa shape index (κ1) is 8.52. The van der Waals surface area contributed by atoms with Crippen LogP contribution in [-0.4, -0.2) is 0 Å². The van der Waals surface area contributed by atoms with Gasteiger partial charge in [-0.2, -0.15) is 5.26 Å². The quantitative estimate of drug-likeness (QED) is 0.679. The smallest absolute Gasteiger partial charge is 0.0998 e. The molecule has 0 radical (unpaired) electrons. The highest BCUT2D eigenvalue weighted by Crippen LogP contribution is 2.23. The summed E-state index contributed by atoms with van der Waals surface area (Å²) >= 11 is 2.26. The summed E-state index contributed by atoms with van der Waals surface area (Å²) < 4.78 is 1.13. The van der Waals surface area contributed by atoms with Crippen molar-refractivity contribution >= 4 is 33.4 Å². The monoisotopic (exact) mass is 279 g/mol. The summed E-state index contributed by atoms with van der Waals surface area (Å²) in [4.78, 5) is 0. The summed E-state index contributed by atoms with van der Waals surface area (Å²) in [7, 11) is 0. The van der Waals surface area contributed by atoms with Gasteiger partial charge in [-0.15, -0.1) is 0 Å². The van der Waals surface area contributed by atoms with Crippen molar-refractivity contribution in [2.75, 3.05) is 0 Å². The van der Waals surface area contributed by atoms with Gasteiger partial charge in [-0.05, 0) is 40.1 Å². The first-order valence-electron chi connectivity index (χ1n) is 3.90. The van der Waals surface area contributed by atoms with Gasteiger partial charge < -0.3 is 0 Å². The molecule has 2 heteroatoms. The van der Waals surface area contributed by atoms with E-state index < -0.39 is 0 Å². The molecular weight excluding hydrogens is 273 g/mol. The lowest BCUT2D eigenvalue weighted by molar-refractivity contribution is 1.50. The minimum absolute atomic E-state index is 0.752. The summed E-state index contributed by atoms with van der Waals surface area (Å²) in [5.41, 5.74) is 0.752. The van der Waals surface area contributed by atoms with Crippen molar-refractivity contribution in [3.8, 4) is 6.07 Å². The van der Waals surface area contributed by atoms with Gasteiger partial charge in [0.25, 0.3) is 0 Å². The third-order valence-electron chi connectivity index (χ3n) is 1.97. The van der Waals surface area contributed by atoms with Crippen LogP contribution in [0.5, 0.6) is 0 Å². The molecule has 0 amide bonds. The molecule has 0 aliphatic rings. The number of halogens is 1. The number of nitrogens with zero attached hydrogens (tertiary/aromatic N) is 1. The van der Waals surface area contributed by atoms with Crippen molar-refractivity contribution in [1.82, 2.24) is 0 Å².